The molecule has 0 saturated heterocycles. The molecule has 3 heteroatoms. The van der Waals surface area contributed by atoms with Gasteiger partial charge in [0, 0.05) is 5.56 Å². The Morgan fingerprint density at radius 2 is 2.27 bits per heavy atom. The summed E-state index contributed by atoms with van der Waals surface area (Å²) in [5.74, 6) is 0.654. The maximum Gasteiger partial charge on any atom is 0.126 e. The van der Waals surface area contributed by atoms with Gasteiger partial charge in [0.25, 0.3) is 0 Å². The predicted molar refractivity (Wildman–Crippen MR) is 55.3 cm³/mol. The Morgan fingerprint density at radius 3 is 2.80 bits per heavy atom. The zero-order valence-corrected chi connectivity index (χ0v) is 8.44. The average Bonchev–Trinajstić information content (AvgIpc) is 2.23. The van der Waals surface area contributed by atoms with Gasteiger partial charge in [-0.2, -0.15) is 5.26 Å². The number of nitrogens with zero attached hydrogens (tertiary/aromatic N) is 1. The van der Waals surface area contributed by atoms with Crippen LogP contribution in [-0.2, 0) is 6.61 Å². The van der Waals surface area contributed by atoms with E-state index in [2.05, 4.69) is 6.07 Å². The third-order valence-electron chi connectivity index (χ3n) is 2.71. The predicted octanol–water partition coefficient (Wildman–Crippen LogP) is 1.98. The van der Waals surface area contributed by atoms with E-state index in [-0.39, 0.29) is 12.7 Å². The Labute approximate surface area is 88.9 Å². The molecule has 0 heterocycles. The van der Waals surface area contributed by atoms with Crippen LogP contribution in [0.2, 0.25) is 0 Å². The van der Waals surface area contributed by atoms with Gasteiger partial charge in [0.15, 0.2) is 0 Å². The van der Waals surface area contributed by atoms with Gasteiger partial charge in [-0.05, 0) is 31.4 Å². The van der Waals surface area contributed by atoms with Crippen LogP contribution < -0.4 is 4.74 Å². The Bertz CT molecular complexity index is 391. The summed E-state index contributed by atoms with van der Waals surface area (Å²) >= 11 is 0. The van der Waals surface area contributed by atoms with E-state index in [1.807, 2.05) is 0 Å². The Balaban J connectivity index is 2.21. The second-order valence-corrected chi connectivity index (χ2v) is 3.76. The van der Waals surface area contributed by atoms with Crippen molar-refractivity contribution in [2.75, 3.05) is 0 Å². The Kier molecular flexibility index (Phi) is 2.89. The highest BCUT2D eigenvalue weighted by atomic mass is 16.5. The number of benzene rings is 1. The molecule has 1 N–H and O–H groups in total. The van der Waals surface area contributed by atoms with E-state index in [0.717, 1.165) is 18.4 Å². The van der Waals surface area contributed by atoms with Gasteiger partial charge >= 0.3 is 0 Å². The van der Waals surface area contributed by atoms with Crippen molar-refractivity contribution in [3.63, 3.8) is 0 Å². The molecule has 2 rings (SSSR count). The first-order valence-electron chi connectivity index (χ1n) is 5.14. The quantitative estimate of drug-likeness (QED) is 0.817. The fourth-order valence-electron chi connectivity index (χ4n) is 1.53. The van der Waals surface area contributed by atoms with E-state index in [1.54, 1.807) is 18.2 Å². The first-order valence-corrected chi connectivity index (χ1v) is 5.14. The minimum Gasteiger partial charge on any atom is -0.490 e. The fourth-order valence-corrected chi connectivity index (χ4v) is 1.53. The van der Waals surface area contributed by atoms with Gasteiger partial charge in [-0.3, -0.25) is 0 Å². The monoisotopic (exact) mass is 203 g/mol. The zero-order chi connectivity index (χ0) is 10.7. The van der Waals surface area contributed by atoms with Crippen LogP contribution in [0.5, 0.6) is 5.75 Å². The van der Waals surface area contributed by atoms with Crippen LogP contribution in [0.4, 0.5) is 0 Å². The van der Waals surface area contributed by atoms with Gasteiger partial charge in [-0.25, -0.2) is 0 Å². The van der Waals surface area contributed by atoms with Crippen molar-refractivity contribution in [3.8, 4) is 11.8 Å². The fraction of sp³-hybridized carbons (Fsp3) is 0.417. The molecule has 1 aliphatic rings. The summed E-state index contributed by atoms with van der Waals surface area (Å²) in [6.07, 6.45) is 3.62. The lowest BCUT2D eigenvalue weighted by atomic mass is 9.96. The van der Waals surface area contributed by atoms with Gasteiger partial charge in [0.1, 0.15) is 5.75 Å². The summed E-state index contributed by atoms with van der Waals surface area (Å²) in [4.78, 5) is 0. The summed E-state index contributed by atoms with van der Waals surface area (Å²) in [5, 5.41) is 17.9. The van der Waals surface area contributed by atoms with Crippen LogP contribution in [0.1, 0.15) is 30.4 Å². The third kappa shape index (κ3) is 2.11. The normalized spacial score (nSPS) is 15.5. The first kappa shape index (κ1) is 10.0. The Hall–Kier alpha value is -1.53. The van der Waals surface area contributed by atoms with Crippen LogP contribution >= 0.6 is 0 Å². The number of hydrogen-bond acceptors (Lipinski definition) is 3. The molecule has 1 aliphatic carbocycles. The number of nitriles is 1. The second kappa shape index (κ2) is 4.33. The zero-order valence-electron chi connectivity index (χ0n) is 8.44. The van der Waals surface area contributed by atoms with Gasteiger partial charge in [-0.1, -0.05) is 6.07 Å². The van der Waals surface area contributed by atoms with Gasteiger partial charge in [0.2, 0.25) is 0 Å². The SMILES string of the molecule is N#Cc1ccc(CO)c(OC2CCC2)c1. The maximum atomic E-state index is 9.12. The summed E-state index contributed by atoms with van der Waals surface area (Å²) < 4.78 is 5.70. The average molecular weight is 203 g/mol. The number of ether oxygens (including phenoxy) is 1. The molecule has 3 nitrogen and oxygen atoms in total. The van der Waals surface area contributed by atoms with E-state index in [1.165, 1.54) is 6.42 Å². The summed E-state index contributed by atoms with van der Waals surface area (Å²) in [7, 11) is 0. The van der Waals surface area contributed by atoms with Crippen LogP contribution in [0, 0.1) is 11.3 Å². The molecule has 0 aliphatic heterocycles. The number of hydrogen-bond donors (Lipinski definition) is 1. The third-order valence-corrected chi connectivity index (χ3v) is 2.71. The van der Waals surface area contributed by atoms with Crippen molar-refractivity contribution in [1.29, 1.82) is 5.26 Å². The summed E-state index contributed by atoms with van der Waals surface area (Å²) in [6.45, 7) is -0.0479. The molecule has 1 saturated carbocycles. The molecule has 1 aromatic rings. The van der Waals surface area contributed by atoms with E-state index >= 15 is 0 Å². The van der Waals surface area contributed by atoms with Crippen LogP contribution in [0.25, 0.3) is 0 Å². The van der Waals surface area contributed by atoms with Gasteiger partial charge < -0.3 is 9.84 Å². The van der Waals surface area contributed by atoms with Gasteiger partial charge in [0.05, 0.1) is 24.3 Å². The molecule has 0 aromatic heterocycles. The molecule has 15 heavy (non-hydrogen) atoms. The molecule has 78 valence electrons. The molecule has 0 amide bonds. The van der Waals surface area contributed by atoms with Crippen molar-refractivity contribution in [3.05, 3.63) is 29.3 Å². The molecule has 1 fully saturated rings. The largest absolute Gasteiger partial charge is 0.490 e. The van der Waals surface area contributed by atoms with Crippen LogP contribution in [0.15, 0.2) is 18.2 Å². The minimum absolute atomic E-state index is 0.0479. The molecule has 0 spiro atoms. The van der Waals surface area contributed by atoms with Crippen LogP contribution in [0.3, 0.4) is 0 Å². The van der Waals surface area contributed by atoms with E-state index in [0.29, 0.717) is 11.3 Å². The Morgan fingerprint density at radius 1 is 1.47 bits per heavy atom. The number of aliphatic hydroxyl groups excluding tert-OH is 1. The van der Waals surface area contributed by atoms with Crippen molar-refractivity contribution in [2.45, 2.75) is 32.0 Å². The maximum absolute atomic E-state index is 9.12. The highest BCUT2D eigenvalue weighted by molar-refractivity contribution is 5.42. The highest BCUT2D eigenvalue weighted by Crippen LogP contribution is 2.28. The number of aliphatic hydroxyl groups is 1. The summed E-state index contributed by atoms with van der Waals surface area (Å²) in [5.41, 5.74) is 1.32. The lowest BCUT2D eigenvalue weighted by Gasteiger charge is -2.27. The van der Waals surface area contributed by atoms with Crippen molar-refractivity contribution in [1.82, 2.24) is 0 Å². The highest BCUT2D eigenvalue weighted by Gasteiger charge is 2.20. The van der Waals surface area contributed by atoms with Gasteiger partial charge in [-0.15, -0.1) is 0 Å². The molecule has 0 unspecified atom stereocenters. The van der Waals surface area contributed by atoms with E-state index in [4.69, 9.17) is 15.1 Å². The second-order valence-electron chi connectivity index (χ2n) is 3.76. The topological polar surface area (TPSA) is 53.2 Å². The van der Waals surface area contributed by atoms with Crippen molar-refractivity contribution in [2.24, 2.45) is 0 Å². The lowest BCUT2D eigenvalue weighted by Crippen LogP contribution is -2.25. The molecule has 1 aromatic carbocycles. The molecular weight excluding hydrogens is 190 g/mol. The van der Waals surface area contributed by atoms with Crippen molar-refractivity contribution >= 4 is 0 Å². The minimum atomic E-state index is -0.0479. The van der Waals surface area contributed by atoms with E-state index < -0.39 is 0 Å². The van der Waals surface area contributed by atoms with Crippen LogP contribution in [-0.4, -0.2) is 11.2 Å². The smallest absolute Gasteiger partial charge is 0.126 e. The summed E-state index contributed by atoms with van der Waals surface area (Å²) in [6, 6.07) is 7.20. The lowest BCUT2D eigenvalue weighted by molar-refractivity contribution is 0.116. The first-order chi connectivity index (χ1) is 7.33. The molecule has 0 bridgehead atoms. The molecular formula is C12H13NO2. The standard InChI is InChI=1S/C12H13NO2/c13-7-9-4-5-10(8-14)12(6-9)15-11-2-1-3-11/h4-6,11,14H,1-3,8H2. The molecule has 0 atom stereocenters. The molecule has 0 radical (unpaired) electrons. The number of rotatable bonds is 3. The van der Waals surface area contributed by atoms with Crippen molar-refractivity contribution < 1.29 is 9.84 Å². The van der Waals surface area contributed by atoms with E-state index in [9.17, 15) is 0 Å².